The zero-order valence-corrected chi connectivity index (χ0v) is 17.7. The van der Waals surface area contributed by atoms with Gasteiger partial charge in [0.1, 0.15) is 10.8 Å². The molecule has 1 aliphatic rings. The summed E-state index contributed by atoms with van der Waals surface area (Å²) < 4.78 is 10.7. The standard InChI is InChI=1S/C22H27NO4S/c1-5-15-7-9-16(10-8-15)27-14(3)20(24)23-21-19(22(25)26-4)17-11-6-13(2)12-18(17)28-21/h7-10,13-14H,5-6,11-12H2,1-4H3,(H,23,24)/t13-,14-/m0/s1. The van der Waals surface area contributed by atoms with Crippen LogP contribution < -0.4 is 10.1 Å². The number of rotatable bonds is 6. The van der Waals surface area contributed by atoms with E-state index < -0.39 is 12.1 Å². The van der Waals surface area contributed by atoms with Crippen LogP contribution in [0.5, 0.6) is 5.75 Å². The number of thiophene rings is 1. The first kappa shape index (κ1) is 20.4. The number of amides is 1. The molecule has 1 aromatic carbocycles. The number of carbonyl (C=O) groups excluding carboxylic acids is 2. The third-order valence-electron chi connectivity index (χ3n) is 5.15. The van der Waals surface area contributed by atoms with Crippen molar-refractivity contribution in [2.24, 2.45) is 5.92 Å². The van der Waals surface area contributed by atoms with Crippen LogP contribution in [0.1, 0.15) is 53.6 Å². The van der Waals surface area contributed by atoms with Crippen LogP contribution in [0.15, 0.2) is 24.3 Å². The number of carbonyl (C=O) groups is 2. The molecule has 1 amide bonds. The second-order valence-corrected chi connectivity index (χ2v) is 8.40. The van der Waals surface area contributed by atoms with E-state index in [9.17, 15) is 9.59 Å². The summed E-state index contributed by atoms with van der Waals surface area (Å²) in [7, 11) is 1.37. The van der Waals surface area contributed by atoms with Crippen molar-refractivity contribution >= 4 is 28.2 Å². The van der Waals surface area contributed by atoms with E-state index in [1.807, 2.05) is 24.3 Å². The Bertz CT molecular complexity index is 856. The van der Waals surface area contributed by atoms with E-state index in [0.717, 1.165) is 36.1 Å². The molecule has 0 aliphatic heterocycles. The third kappa shape index (κ3) is 4.38. The van der Waals surface area contributed by atoms with Gasteiger partial charge < -0.3 is 14.8 Å². The molecule has 0 fully saturated rings. The highest BCUT2D eigenvalue weighted by Crippen LogP contribution is 2.40. The molecule has 0 spiro atoms. The number of hydrogen-bond acceptors (Lipinski definition) is 5. The van der Waals surface area contributed by atoms with Crippen molar-refractivity contribution in [3.8, 4) is 5.75 Å². The average Bonchev–Trinajstić information content (AvgIpc) is 3.04. The van der Waals surface area contributed by atoms with Gasteiger partial charge in [0, 0.05) is 4.88 Å². The van der Waals surface area contributed by atoms with Gasteiger partial charge in [-0.3, -0.25) is 4.79 Å². The summed E-state index contributed by atoms with van der Waals surface area (Å²) in [4.78, 5) is 26.2. The van der Waals surface area contributed by atoms with E-state index in [4.69, 9.17) is 9.47 Å². The zero-order chi connectivity index (χ0) is 20.3. The Labute approximate surface area is 170 Å². The Kier molecular flexibility index (Phi) is 6.39. The predicted molar refractivity (Wildman–Crippen MR) is 111 cm³/mol. The minimum Gasteiger partial charge on any atom is -0.481 e. The number of nitrogens with one attached hydrogen (secondary N) is 1. The first-order valence-corrected chi connectivity index (χ1v) is 10.5. The van der Waals surface area contributed by atoms with E-state index in [2.05, 4.69) is 19.2 Å². The Morgan fingerprint density at radius 1 is 1.29 bits per heavy atom. The number of esters is 1. The Morgan fingerprint density at radius 3 is 2.64 bits per heavy atom. The fourth-order valence-electron chi connectivity index (χ4n) is 3.43. The van der Waals surface area contributed by atoms with Crippen LogP contribution in [-0.2, 0) is 28.8 Å². The second-order valence-electron chi connectivity index (χ2n) is 7.29. The molecular weight excluding hydrogens is 374 g/mol. The predicted octanol–water partition coefficient (Wildman–Crippen LogP) is 4.63. The van der Waals surface area contributed by atoms with Crippen LogP contribution in [0.2, 0.25) is 0 Å². The minimum atomic E-state index is -0.684. The molecule has 1 heterocycles. The van der Waals surface area contributed by atoms with Crippen LogP contribution in [0, 0.1) is 5.92 Å². The molecule has 3 rings (SSSR count). The summed E-state index contributed by atoms with van der Waals surface area (Å²) >= 11 is 1.48. The summed E-state index contributed by atoms with van der Waals surface area (Å²) in [6.07, 6.45) is 3.07. The molecule has 28 heavy (non-hydrogen) atoms. The van der Waals surface area contributed by atoms with E-state index in [0.29, 0.717) is 22.2 Å². The number of anilines is 1. The van der Waals surface area contributed by atoms with Gasteiger partial charge in [-0.2, -0.15) is 0 Å². The van der Waals surface area contributed by atoms with Gasteiger partial charge in [-0.15, -0.1) is 11.3 Å². The normalized spacial score (nSPS) is 16.8. The molecule has 150 valence electrons. The monoisotopic (exact) mass is 401 g/mol. The number of methoxy groups -OCH3 is 1. The molecule has 6 heteroatoms. The number of ether oxygens (including phenoxy) is 2. The lowest BCUT2D eigenvalue weighted by Gasteiger charge is -2.18. The summed E-state index contributed by atoms with van der Waals surface area (Å²) in [5.41, 5.74) is 2.74. The van der Waals surface area contributed by atoms with Crippen molar-refractivity contribution in [2.75, 3.05) is 12.4 Å². The van der Waals surface area contributed by atoms with Gasteiger partial charge in [0.15, 0.2) is 6.10 Å². The Hall–Kier alpha value is -2.34. The molecule has 2 aromatic rings. The van der Waals surface area contributed by atoms with Crippen molar-refractivity contribution in [1.29, 1.82) is 0 Å². The van der Waals surface area contributed by atoms with Crippen molar-refractivity contribution in [1.82, 2.24) is 0 Å². The molecule has 1 N–H and O–H groups in total. The smallest absolute Gasteiger partial charge is 0.341 e. The fraction of sp³-hybridized carbons (Fsp3) is 0.455. The largest absolute Gasteiger partial charge is 0.481 e. The minimum absolute atomic E-state index is 0.281. The molecule has 1 aromatic heterocycles. The fourth-order valence-corrected chi connectivity index (χ4v) is 4.83. The zero-order valence-electron chi connectivity index (χ0n) is 16.8. The van der Waals surface area contributed by atoms with Crippen molar-refractivity contribution in [2.45, 2.75) is 52.6 Å². The number of aryl methyl sites for hydroxylation is 1. The van der Waals surface area contributed by atoms with E-state index in [-0.39, 0.29) is 5.91 Å². The number of fused-ring (bicyclic) bond motifs is 1. The van der Waals surface area contributed by atoms with Crippen LogP contribution in [0.25, 0.3) is 0 Å². The lowest BCUT2D eigenvalue weighted by molar-refractivity contribution is -0.122. The van der Waals surface area contributed by atoms with Gasteiger partial charge in [-0.05, 0) is 61.8 Å². The van der Waals surface area contributed by atoms with E-state index in [1.165, 1.54) is 24.0 Å². The highest BCUT2D eigenvalue weighted by Gasteiger charge is 2.29. The van der Waals surface area contributed by atoms with E-state index in [1.54, 1.807) is 6.92 Å². The van der Waals surface area contributed by atoms with Crippen LogP contribution in [0.4, 0.5) is 5.00 Å². The average molecular weight is 402 g/mol. The quantitative estimate of drug-likeness (QED) is 0.717. The molecule has 0 saturated heterocycles. The molecule has 2 atom stereocenters. The van der Waals surface area contributed by atoms with Gasteiger partial charge in [-0.25, -0.2) is 4.79 Å². The molecule has 0 unspecified atom stereocenters. The van der Waals surface area contributed by atoms with Gasteiger partial charge >= 0.3 is 5.97 Å². The summed E-state index contributed by atoms with van der Waals surface area (Å²) in [6.45, 7) is 6.00. The lowest BCUT2D eigenvalue weighted by atomic mass is 9.88. The van der Waals surface area contributed by atoms with Gasteiger partial charge in [0.2, 0.25) is 0 Å². The maximum absolute atomic E-state index is 12.7. The van der Waals surface area contributed by atoms with Crippen LogP contribution in [0.3, 0.4) is 0 Å². The van der Waals surface area contributed by atoms with Gasteiger partial charge in [0.05, 0.1) is 12.7 Å². The van der Waals surface area contributed by atoms with Gasteiger partial charge in [0.25, 0.3) is 5.91 Å². The van der Waals surface area contributed by atoms with Crippen LogP contribution in [-0.4, -0.2) is 25.1 Å². The maximum Gasteiger partial charge on any atom is 0.341 e. The highest BCUT2D eigenvalue weighted by atomic mass is 32.1. The summed E-state index contributed by atoms with van der Waals surface area (Å²) in [5, 5.41) is 3.46. The first-order valence-electron chi connectivity index (χ1n) is 9.72. The van der Waals surface area contributed by atoms with Crippen molar-refractivity contribution in [3.63, 3.8) is 0 Å². The Morgan fingerprint density at radius 2 is 2.00 bits per heavy atom. The molecule has 0 radical (unpaired) electrons. The maximum atomic E-state index is 12.7. The molecule has 0 bridgehead atoms. The molecular formula is C22H27NO4S. The summed E-state index contributed by atoms with van der Waals surface area (Å²) in [6, 6.07) is 7.72. The van der Waals surface area contributed by atoms with Crippen molar-refractivity contribution < 1.29 is 19.1 Å². The highest BCUT2D eigenvalue weighted by molar-refractivity contribution is 7.17. The molecule has 5 nitrogen and oxygen atoms in total. The van der Waals surface area contributed by atoms with Gasteiger partial charge in [-0.1, -0.05) is 26.0 Å². The topological polar surface area (TPSA) is 64.6 Å². The van der Waals surface area contributed by atoms with Crippen molar-refractivity contribution in [3.05, 3.63) is 45.8 Å². The first-order chi connectivity index (χ1) is 13.4. The molecule has 0 saturated carbocycles. The SMILES string of the molecule is CCc1ccc(O[C@@H](C)C(=O)Nc2sc3c(c2C(=O)OC)CC[C@H](C)C3)cc1. The number of benzene rings is 1. The second kappa shape index (κ2) is 8.78. The third-order valence-corrected chi connectivity index (χ3v) is 6.32. The van der Waals surface area contributed by atoms with Crippen LogP contribution >= 0.6 is 11.3 Å². The summed E-state index contributed by atoms with van der Waals surface area (Å²) in [5.74, 6) is 0.545. The van der Waals surface area contributed by atoms with E-state index >= 15 is 0 Å². The lowest BCUT2D eigenvalue weighted by Crippen LogP contribution is -2.30. The number of hydrogen-bond donors (Lipinski definition) is 1. The molecule has 1 aliphatic carbocycles. The Balaban J connectivity index is 1.76.